The van der Waals surface area contributed by atoms with E-state index in [0.717, 1.165) is 0 Å². The van der Waals surface area contributed by atoms with Gasteiger partial charge in [-0.1, -0.05) is 37.0 Å². The third-order valence-electron chi connectivity index (χ3n) is 3.38. The van der Waals surface area contributed by atoms with E-state index in [9.17, 15) is 9.59 Å². The summed E-state index contributed by atoms with van der Waals surface area (Å²) in [5, 5.41) is 11.5. The first kappa shape index (κ1) is 14.0. The lowest BCUT2D eigenvalue weighted by atomic mass is 10.1. The van der Waals surface area contributed by atoms with Crippen molar-refractivity contribution in [2.24, 2.45) is 17.3 Å². The number of nitrogens with one attached hydrogen (secondary N) is 1. The van der Waals surface area contributed by atoms with Crippen molar-refractivity contribution in [2.75, 3.05) is 5.32 Å². The minimum atomic E-state index is -0.994. The van der Waals surface area contributed by atoms with E-state index in [1.54, 1.807) is 13.8 Å². The zero-order valence-electron chi connectivity index (χ0n) is 10.1. The second-order valence-electron chi connectivity index (χ2n) is 4.93. The lowest BCUT2D eigenvalue weighted by Crippen LogP contribution is -2.18. The number of amides is 1. The molecule has 0 bridgehead atoms. The Kier molecular flexibility index (Phi) is 3.40. The van der Waals surface area contributed by atoms with Crippen LogP contribution < -0.4 is 5.32 Å². The summed E-state index contributed by atoms with van der Waals surface area (Å²) in [5.41, 5.74) is -0.493. The second kappa shape index (κ2) is 4.61. The van der Waals surface area contributed by atoms with Crippen LogP contribution in [0.1, 0.15) is 13.8 Å². The molecule has 0 aliphatic heterocycles. The molecule has 8 heteroatoms. The molecule has 0 spiro atoms. The van der Waals surface area contributed by atoms with Crippen molar-refractivity contribution in [3.63, 3.8) is 0 Å². The molecule has 1 aromatic heterocycles. The molecule has 0 aromatic carbocycles. The molecule has 2 rings (SSSR count). The van der Waals surface area contributed by atoms with Crippen molar-refractivity contribution in [3.05, 3.63) is 16.6 Å². The summed E-state index contributed by atoms with van der Waals surface area (Å²) >= 11 is 11.6. The number of carbonyl (C=O) groups is 2. The molecule has 1 aliphatic rings. The van der Waals surface area contributed by atoms with Gasteiger partial charge in [0.2, 0.25) is 5.91 Å². The van der Waals surface area contributed by atoms with Crippen molar-refractivity contribution in [3.8, 4) is 0 Å². The molecule has 0 radical (unpaired) electrons. The van der Waals surface area contributed by atoms with Gasteiger partial charge >= 0.3 is 5.97 Å². The quantitative estimate of drug-likeness (QED) is 0.834. The van der Waals surface area contributed by atoms with Gasteiger partial charge < -0.3 is 10.4 Å². The number of hydrogen-bond acceptors (Lipinski definition) is 4. The highest BCUT2D eigenvalue weighted by Crippen LogP contribution is 2.58. The van der Waals surface area contributed by atoms with Gasteiger partial charge in [0.1, 0.15) is 12.0 Å². The van der Waals surface area contributed by atoms with Gasteiger partial charge in [-0.05, 0) is 5.41 Å². The summed E-state index contributed by atoms with van der Waals surface area (Å²) in [6.45, 7) is 3.45. The van der Waals surface area contributed by atoms with E-state index in [-0.39, 0.29) is 16.0 Å². The molecule has 6 nitrogen and oxygen atoms in total. The molecule has 19 heavy (non-hydrogen) atoms. The number of aliphatic carboxylic acids is 1. The standard InChI is InChI=1S/C11H11Cl2N3O3/c1-11(2)4(5(11)10(18)19)9(17)16-6-7(12)14-3-15-8(6)13/h3-5H,1-2H3,(H,16,17)(H,18,19). The number of aromatic nitrogens is 2. The van der Waals surface area contributed by atoms with Crippen LogP contribution in [0.5, 0.6) is 0 Å². The maximum absolute atomic E-state index is 12.1. The van der Waals surface area contributed by atoms with Crippen LogP contribution in [0.3, 0.4) is 0 Å². The molecular weight excluding hydrogens is 293 g/mol. The molecule has 1 saturated carbocycles. The zero-order valence-corrected chi connectivity index (χ0v) is 11.7. The molecule has 2 unspecified atom stereocenters. The molecule has 2 atom stereocenters. The average molecular weight is 304 g/mol. The number of hydrogen-bond donors (Lipinski definition) is 2. The Morgan fingerprint density at radius 2 is 1.79 bits per heavy atom. The molecule has 0 saturated heterocycles. The molecule has 1 fully saturated rings. The van der Waals surface area contributed by atoms with Crippen molar-refractivity contribution in [1.29, 1.82) is 0 Å². The lowest BCUT2D eigenvalue weighted by molar-refractivity contribution is -0.140. The van der Waals surface area contributed by atoms with Crippen LogP contribution >= 0.6 is 23.2 Å². The SMILES string of the molecule is CC1(C)C(C(=O)O)C1C(=O)Nc1c(Cl)ncnc1Cl. The number of rotatable bonds is 3. The number of halogens is 2. The lowest BCUT2D eigenvalue weighted by Gasteiger charge is -2.08. The van der Waals surface area contributed by atoms with Gasteiger partial charge in [0, 0.05) is 0 Å². The highest BCUT2D eigenvalue weighted by Gasteiger charge is 2.66. The normalized spacial score (nSPS) is 23.8. The van der Waals surface area contributed by atoms with E-state index >= 15 is 0 Å². The van der Waals surface area contributed by atoms with E-state index in [1.807, 2.05) is 0 Å². The van der Waals surface area contributed by atoms with Crippen LogP contribution in [0.15, 0.2) is 6.33 Å². The van der Waals surface area contributed by atoms with Crippen LogP contribution in [0, 0.1) is 17.3 Å². The first-order chi connectivity index (χ1) is 8.76. The van der Waals surface area contributed by atoms with Crippen LogP contribution in [-0.2, 0) is 9.59 Å². The molecular formula is C11H11Cl2N3O3. The van der Waals surface area contributed by atoms with Gasteiger partial charge in [0.15, 0.2) is 10.3 Å². The van der Waals surface area contributed by atoms with E-state index in [1.165, 1.54) is 6.33 Å². The smallest absolute Gasteiger partial charge is 0.307 e. The zero-order chi connectivity index (χ0) is 14.4. The third kappa shape index (κ3) is 2.37. The highest BCUT2D eigenvalue weighted by atomic mass is 35.5. The first-order valence-corrected chi connectivity index (χ1v) is 6.22. The van der Waals surface area contributed by atoms with Gasteiger partial charge in [-0.2, -0.15) is 0 Å². The maximum Gasteiger partial charge on any atom is 0.307 e. The monoisotopic (exact) mass is 303 g/mol. The number of carboxylic acids is 1. The summed E-state index contributed by atoms with van der Waals surface area (Å²) < 4.78 is 0. The Balaban J connectivity index is 2.18. The molecule has 102 valence electrons. The Labute approximate surface area is 119 Å². The van der Waals surface area contributed by atoms with Crippen LogP contribution in [0.25, 0.3) is 0 Å². The fourth-order valence-electron chi connectivity index (χ4n) is 2.24. The number of carbonyl (C=O) groups excluding carboxylic acids is 1. The minimum Gasteiger partial charge on any atom is -0.481 e. The summed E-state index contributed by atoms with van der Waals surface area (Å²) in [6, 6.07) is 0. The fourth-order valence-corrected chi connectivity index (χ4v) is 2.65. The Morgan fingerprint density at radius 1 is 1.26 bits per heavy atom. The third-order valence-corrected chi connectivity index (χ3v) is 3.95. The summed E-state index contributed by atoms with van der Waals surface area (Å²) in [4.78, 5) is 30.5. The Bertz CT molecular complexity index is 542. The molecule has 1 amide bonds. The van der Waals surface area contributed by atoms with E-state index < -0.39 is 29.1 Å². The topological polar surface area (TPSA) is 92.2 Å². The predicted octanol–water partition coefficient (Wildman–Crippen LogP) is 2.08. The van der Waals surface area contributed by atoms with E-state index in [0.29, 0.717) is 0 Å². The first-order valence-electron chi connectivity index (χ1n) is 5.46. The Morgan fingerprint density at radius 3 is 2.21 bits per heavy atom. The van der Waals surface area contributed by atoms with Crippen molar-refractivity contribution >= 4 is 40.8 Å². The van der Waals surface area contributed by atoms with Crippen molar-refractivity contribution in [2.45, 2.75) is 13.8 Å². The number of carboxylic acid groups (broad SMARTS) is 1. The predicted molar refractivity (Wildman–Crippen MR) is 69.1 cm³/mol. The molecule has 1 aromatic rings. The van der Waals surface area contributed by atoms with Gasteiger partial charge in [-0.3, -0.25) is 9.59 Å². The molecule has 1 heterocycles. The summed E-state index contributed by atoms with van der Waals surface area (Å²) in [5.74, 6) is -2.78. The van der Waals surface area contributed by atoms with Crippen molar-refractivity contribution < 1.29 is 14.7 Å². The molecule has 2 N–H and O–H groups in total. The van der Waals surface area contributed by atoms with Gasteiger partial charge in [0.25, 0.3) is 0 Å². The van der Waals surface area contributed by atoms with Crippen molar-refractivity contribution in [1.82, 2.24) is 9.97 Å². The number of nitrogens with zero attached hydrogens (tertiary/aromatic N) is 2. The summed E-state index contributed by atoms with van der Waals surface area (Å²) in [6.07, 6.45) is 1.17. The minimum absolute atomic E-state index is 0.0127. The molecule has 1 aliphatic carbocycles. The maximum atomic E-state index is 12.1. The van der Waals surface area contributed by atoms with E-state index in [2.05, 4.69) is 15.3 Å². The fraction of sp³-hybridized carbons (Fsp3) is 0.455. The van der Waals surface area contributed by atoms with E-state index in [4.69, 9.17) is 28.3 Å². The van der Waals surface area contributed by atoms with Gasteiger partial charge in [0.05, 0.1) is 11.8 Å². The average Bonchev–Trinajstić information content (AvgIpc) is 2.87. The Hall–Kier alpha value is -1.40. The van der Waals surface area contributed by atoms with Crippen LogP contribution in [0.2, 0.25) is 10.3 Å². The summed E-state index contributed by atoms with van der Waals surface area (Å²) in [7, 11) is 0. The largest absolute Gasteiger partial charge is 0.481 e. The van der Waals surface area contributed by atoms with Crippen LogP contribution in [0.4, 0.5) is 5.69 Å². The van der Waals surface area contributed by atoms with Crippen LogP contribution in [-0.4, -0.2) is 27.0 Å². The van der Waals surface area contributed by atoms with Gasteiger partial charge in [-0.15, -0.1) is 0 Å². The second-order valence-corrected chi connectivity index (χ2v) is 5.65. The highest BCUT2D eigenvalue weighted by molar-refractivity contribution is 6.38. The van der Waals surface area contributed by atoms with Gasteiger partial charge in [-0.25, -0.2) is 9.97 Å². The number of anilines is 1.